The smallest absolute Gasteiger partial charge is 0.317 e. The highest BCUT2D eigenvalue weighted by atomic mass is 16.2. The van der Waals surface area contributed by atoms with Gasteiger partial charge in [-0.2, -0.15) is 0 Å². The van der Waals surface area contributed by atoms with E-state index in [0.29, 0.717) is 19.5 Å². The fourth-order valence-corrected chi connectivity index (χ4v) is 3.85. The Morgan fingerprint density at radius 2 is 1.96 bits per heavy atom. The second-order valence-corrected chi connectivity index (χ2v) is 6.71. The van der Waals surface area contributed by atoms with Crippen molar-refractivity contribution in [2.75, 3.05) is 26.2 Å². The number of urea groups is 1. The number of pyridine rings is 1. The van der Waals surface area contributed by atoms with Crippen molar-refractivity contribution in [2.24, 2.45) is 0 Å². The van der Waals surface area contributed by atoms with E-state index in [9.17, 15) is 9.59 Å². The first-order valence-corrected chi connectivity index (χ1v) is 8.87. The lowest BCUT2D eigenvalue weighted by Crippen LogP contribution is -2.48. The first kappa shape index (κ1) is 15.9. The van der Waals surface area contributed by atoms with Crippen LogP contribution in [0.3, 0.4) is 0 Å². The van der Waals surface area contributed by atoms with Gasteiger partial charge in [-0.1, -0.05) is 24.3 Å². The molecule has 25 heavy (non-hydrogen) atoms. The van der Waals surface area contributed by atoms with Crippen LogP contribution in [-0.4, -0.2) is 58.9 Å². The molecular formula is C19H22N4O2. The molecule has 6 nitrogen and oxygen atoms in total. The maximum Gasteiger partial charge on any atom is 0.317 e. The van der Waals surface area contributed by atoms with E-state index in [0.717, 1.165) is 42.4 Å². The van der Waals surface area contributed by atoms with Crippen LogP contribution in [-0.2, 0) is 11.2 Å². The molecule has 4 rings (SSSR count). The van der Waals surface area contributed by atoms with Gasteiger partial charge in [-0.05, 0) is 24.5 Å². The normalized spacial score (nSPS) is 18.6. The number of nitrogens with zero attached hydrogens (tertiary/aromatic N) is 3. The van der Waals surface area contributed by atoms with Crippen molar-refractivity contribution >= 4 is 22.8 Å². The number of benzene rings is 1. The van der Waals surface area contributed by atoms with Crippen LogP contribution in [0.5, 0.6) is 0 Å². The van der Waals surface area contributed by atoms with Gasteiger partial charge in [0.25, 0.3) is 0 Å². The summed E-state index contributed by atoms with van der Waals surface area (Å²) in [6.45, 7) is 2.93. The molecule has 0 spiro atoms. The average Bonchev–Trinajstić information content (AvgIpc) is 3.08. The summed E-state index contributed by atoms with van der Waals surface area (Å²) in [5.74, 6) is 0.141. The number of rotatable bonds is 3. The lowest BCUT2D eigenvalue weighted by atomic mass is 10.0. The third-order valence-electron chi connectivity index (χ3n) is 5.21. The standard InChI is InChI=1S/C19H22N4O2/c24-17(13-15-4-1-3-14-5-2-8-20-18(14)15)22-10-6-16(7-11-22)23-12-9-21-19(23)25/h1-5,8,16H,6-7,9-13H2,(H,21,25). The Morgan fingerprint density at radius 3 is 2.72 bits per heavy atom. The molecule has 0 aliphatic carbocycles. The molecule has 0 saturated carbocycles. The molecule has 0 bridgehead atoms. The maximum absolute atomic E-state index is 12.7. The predicted octanol–water partition coefficient (Wildman–Crippen LogP) is 1.79. The fraction of sp³-hybridized carbons (Fsp3) is 0.421. The fourth-order valence-electron chi connectivity index (χ4n) is 3.85. The van der Waals surface area contributed by atoms with Crippen LogP contribution in [0.1, 0.15) is 18.4 Å². The van der Waals surface area contributed by atoms with E-state index in [1.165, 1.54) is 0 Å². The van der Waals surface area contributed by atoms with Gasteiger partial charge in [0.05, 0.1) is 11.9 Å². The van der Waals surface area contributed by atoms with E-state index in [4.69, 9.17) is 0 Å². The Morgan fingerprint density at radius 1 is 1.16 bits per heavy atom. The Bertz CT molecular complexity index is 794. The summed E-state index contributed by atoms with van der Waals surface area (Å²) in [5.41, 5.74) is 1.88. The van der Waals surface area contributed by atoms with E-state index in [1.54, 1.807) is 6.20 Å². The van der Waals surface area contributed by atoms with Crippen LogP contribution in [0.25, 0.3) is 10.9 Å². The summed E-state index contributed by atoms with van der Waals surface area (Å²) in [6, 6.07) is 10.2. The molecule has 130 valence electrons. The molecule has 6 heteroatoms. The van der Waals surface area contributed by atoms with Crippen LogP contribution in [0.15, 0.2) is 36.5 Å². The zero-order chi connectivity index (χ0) is 17.2. The number of fused-ring (bicyclic) bond motifs is 1. The number of likely N-dealkylation sites (tertiary alicyclic amines) is 1. The molecule has 2 aliphatic rings. The van der Waals surface area contributed by atoms with E-state index in [-0.39, 0.29) is 18.0 Å². The van der Waals surface area contributed by atoms with Crippen molar-refractivity contribution in [2.45, 2.75) is 25.3 Å². The minimum atomic E-state index is 0.0339. The number of nitrogens with one attached hydrogen (secondary N) is 1. The average molecular weight is 338 g/mol. The minimum absolute atomic E-state index is 0.0339. The van der Waals surface area contributed by atoms with Gasteiger partial charge in [0, 0.05) is 43.8 Å². The molecule has 0 unspecified atom stereocenters. The number of hydrogen-bond acceptors (Lipinski definition) is 3. The molecule has 1 N–H and O–H groups in total. The molecular weight excluding hydrogens is 316 g/mol. The second-order valence-electron chi connectivity index (χ2n) is 6.71. The van der Waals surface area contributed by atoms with Crippen LogP contribution < -0.4 is 5.32 Å². The monoisotopic (exact) mass is 338 g/mol. The number of amides is 3. The highest BCUT2D eigenvalue weighted by molar-refractivity contribution is 5.87. The number of carbonyl (C=O) groups excluding carboxylic acids is 2. The van der Waals surface area contributed by atoms with Gasteiger partial charge in [0.1, 0.15) is 0 Å². The molecule has 3 heterocycles. The lowest BCUT2D eigenvalue weighted by Gasteiger charge is -2.36. The van der Waals surface area contributed by atoms with Crippen LogP contribution >= 0.6 is 0 Å². The zero-order valence-electron chi connectivity index (χ0n) is 14.1. The first-order valence-electron chi connectivity index (χ1n) is 8.87. The molecule has 2 aromatic rings. The number of hydrogen-bond donors (Lipinski definition) is 1. The molecule has 3 amide bonds. The third kappa shape index (κ3) is 3.16. The van der Waals surface area contributed by atoms with Crippen molar-refractivity contribution in [3.8, 4) is 0 Å². The Kier molecular flexibility index (Phi) is 4.26. The lowest BCUT2D eigenvalue weighted by molar-refractivity contribution is -0.131. The predicted molar refractivity (Wildman–Crippen MR) is 95.2 cm³/mol. The Balaban J connectivity index is 1.40. The number of piperidine rings is 1. The summed E-state index contributed by atoms with van der Waals surface area (Å²) in [5, 5.41) is 3.91. The summed E-state index contributed by atoms with van der Waals surface area (Å²) in [6.07, 6.45) is 3.85. The van der Waals surface area contributed by atoms with Gasteiger partial charge in [0.15, 0.2) is 0 Å². The summed E-state index contributed by atoms with van der Waals surface area (Å²) in [7, 11) is 0. The SMILES string of the molecule is O=C(Cc1cccc2cccnc12)N1CCC(N2CCNC2=O)CC1. The van der Waals surface area contributed by atoms with E-state index >= 15 is 0 Å². The zero-order valence-corrected chi connectivity index (χ0v) is 14.1. The molecule has 2 aliphatic heterocycles. The van der Waals surface area contributed by atoms with E-state index < -0.39 is 0 Å². The number of carbonyl (C=O) groups is 2. The van der Waals surface area contributed by atoms with Crippen molar-refractivity contribution in [1.29, 1.82) is 0 Å². The largest absolute Gasteiger partial charge is 0.342 e. The Labute approximate surface area is 146 Å². The molecule has 1 aromatic heterocycles. The number of aromatic nitrogens is 1. The highest BCUT2D eigenvalue weighted by Gasteiger charge is 2.31. The number of para-hydroxylation sites is 1. The van der Waals surface area contributed by atoms with Crippen molar-refractivity contribution in [3.63, 3.8) is 0 Å². The summed E-state index contributed by atoms with van der Waals surface area (Å²) >= 11 is 0. The van der Waals surface area contributed by atoms with E-state index in [1.807, 2.05) is 40.1 Å². The molecule has 2 saturated heterocycles. The van der Waals surface area contributed by atoms with Crippen molar-refractivity contribution < 1.29 is 9.59 Å². The quantitative estimate of drug-likeness (QED) is 0.928. The highest BCUT2D eigenvalue weighted by Crippen LogP contribution is 2.21. The van der Waals surface area contributed by atoms with E-state index in [2.05, 4.69) is 10.3 Å². The second kappa shape index (κ2) is 6.70. The topological polar surface area (TPSA) is 65.5 Å². The van der Waals surface area contributed by atoms with Crippen LogP contribution in [0, 0.1) is 0 Å². The molecule has 1 aromatic carbocycles. The summed E-state index contributed by atoms with van der Waals surface area (Å²) in [4.78, 5) is 32.8. The van der Waals surface area contributed by atoms with Gasteiger partial charge in [0.2, 0.25) is 5.91 Å². The first-order chi connectivity index (χ1) is 12.2. The van der Waals surface area contributed by atoms with Gasteiger partial charge < -0.3 is 15.1 Å². The van der Waals surface area contributed by atoms with Gasteiger partial charge in [-0.15, -0.1) is 0 Å². The Hall–Kier alpha value is -2.63. The van der Waals surface area contributed by atoms with Gasteiger partial charge >= 0.3 is 6.03 Å². The molecule has 0 atom stereocenters. The van der Waals surface area contributed by atoms with Crippen molar-refractivity contribution in [3.05, 3.63) is 42.1 Å². The van der Waals surface area contributed by atoms with Crippen LogP contribution in [0.2, 0.25) is 0 Å². The third-order valence-corrected chi connectivity index (χ3v) is 5.21. The van der Waals surface area contributed by atoms with Crippen LogP contribution in [0.4, 0.5) is 4.79 Å². The maximum atomic E-state index is 12.7. The molecule has 2 fully saturated rings. The molecule has 0 radical (unpaired) electrons. The minimum Gasteiger partial charge on any atom is -0.342 e. The van der Waals surface area contributed by atoms with Crippen molar-refractivity contribution in [1.82, 2.24) is 20.1 Å². The summed E-state index contributed by atoms with van der Waals surface area (Å²) < 4.78 is 0. The van der Waals surface area contributed by atoms with Gasteiger partial charge in [-0.3, -0.25) is 9.78 Å². The van der Waals surface area contributed by atoms with Gasteiger partial charge in [-0.25, -0.2) is 4.79 Å².